The average molecular weight is 460 g/mol. The number of carbonyl (C=O) groups excluding carboxylic acids is 2. The fourth-order valence-corrected chi connectivity index (χ4v) is 3.95. The molecule has 0 bridgehead atoms. The number of anilines is 1. The number of hydrogen-bond donors (Lipinski definition) is 3. The zero-order valence-corrected chi connectivity index (χ0v) is 18.0. The van der Waals surface area contributed by atoms with Gasteiger partial charge in [-0.3, -0.25) is 4.79 Å². The molecule has 8 heteroatoms. The van der Waals surface area contributed by atoms with Crippen LogP contribution in [0, 0.1) is 5.82 Å². The van der Waals surface area contributed by atoms with Crippen LogP contribution in [0.5, 0.6) is 0 Å². The second-order valence-electron chi connectivity index (χ2n) is 7.57. The van der Waals surface area contributed by atoms with Gasteiger partial charge in [-0.25, -0.2) is 14.0 Å². The van der Waals surface area contributed by atoms with Crippen molar-refractivity contribution in [3.8, 4) is 11.1 Å². The second kappa shape index (κ2) is 9.99. The molecule has 0 aliphatic heterocycles. The van der Waals surface area contributed by atoms with Gasteiger partial charge in [0.1, 0.15) is 12.4 Å². The molecule has 3 N–H and O–H groups in total. The molecule has 0 spiro atoms. The first-order valence-corrected chi connectivity index (χ1v) is 10.5. The van der Waals surface area contributed by atoms with Crippen molar-refractivity contribution in [3.05, 3.63) is 101 Å². The molecule has 0 saturated heterocycles. The van der Waals surface area contributed by atoms with Gasteiger partial charge in [-0.2, -0.15) is 0 Å². The molecule has 3 aromatic carbocycles. The van der Waals surface area contributed by atoms with E-state index in [2.05, 4.69) is 10.6 Å². The Balaban J connectivity index is 1.29. The molecule has 0 heterocycles. The molecular formula is C26H21FN2O5. The van der Waals surface area contributed by atoms with E-state index in [1.807, 2.05) is 48.5 Å². The number of carbonyl (C=O) groups is 3. The van der Waals surface area contributed by atoms with E-state index in [0.717, 1.165) is 34.4 Å². The number of rotatable bonds is 7. The molecule has 0 fully saturated rings. The summed E-state index contributed by atoms with van der Waals surface area (Å²) in [4.78, 5) is 35.3. The maximum atomic E-state index is 13.9. The Bertz CT molecular complexity index is 1240. The fraction of sp³-hybridized carbons (Fsp3) is 0.115. The van der Waals surface area contributed by atoms with Gasteiger partial charge < -0.3 is 20.5 Å². The van der Waals surface area contributed by atoms with Gasteiger partial charge in [-0.1, -0.05) is 60.7 Å². The van der Waals surface area contributed by atoms with E-state index in [1.165, 1.54) is 18.2 Å². The van der Waals surface area contributed by atoms with E-state index in [4.69, 9.17) is 9.84 Å². The van der Waals surface area contributed by atoms with Gasteiger partial charge in [0.25, 0.3) is 0 Å². The van der Waals surface area contributed by atoms with E-state index in [1.54, 1.807) is 0 Å². The summed E-state index contributed by atoms with van der Waals surface area (Å²) in [6, 6.07) is 19.5. The van der Waals surface area contributed by atoms with Crippen LogP contribution in [0.15, 0.2) is 78.9 Å². The number of carboxylic acid groups (broad SMARTS) is 1. The second-order valence-corrected chi connectivity index (χ2v) is 7.57. The number of nitrogens with one attached hydrogen (secondary N) is 2. The molecule has 0 unspecified atom stereocenters. The van der Waals surface area contributed by atoms with Gasteiger partial charge in [0.15, 0.2) is 0 Å². The molecule has 1 aliphatic rings. The lowest BCUT2D eigenvalue weighted by molar-refractivity contribution is -0.111. The van der Waals surface area contributed by atoms with Crippen LogP contribution in [0.25, 0.3) is 11.1 Å². The van der Waals surface area contributed by atoms with Crippen LogP contribution < -0.4 is 10.6 Å². The minimum absolute atomic E-state index is 0.00679. The van der Waals surface area contributed by atoms with E-state index in [9.17, 15) is 18.8 Å². The minimum atomic E-state index is -1.37. The van der Waals surface area contributed by atoms with Crippen molar-refractivity contribution >= 4 is 23.7 Å². The molecule has 2 amide bonds. The first-order chi connectivity index (χ1) is 16.5. The SMILES string of the molecule is O=C(/C=C/CNC(=O)OCC1c2ccccc2-c2ccccc21)Nc1c(F)cccc1C(=O)O. The molecule has 1 aliphatic carbocycles. The molecular weight excluding hydrogens is 439 g/mol. The van der Waals surface area contributed by atoms with Crippen molar-refractivity contribution in [2.45, 2.75) is 5.92 Å². The Hall–Kier alpha value is -4.46. The highest BCUT2D eigenvalue weighted by Gasteiger charge is 2.28. The van der Waals surface area contributed by atoms with Crippen LogP contribution in [-0.2, 0) is 9.53 Å². The summed E-state index contributed by atoms with van der Waals surface area (Å²) in [5, 5.41) is 13.8. The first-order valence-electron chi connectivity index (χ1n) is 10.5. The highest BCUT2D eigenvalue weighted by atomic mass is 19.1. The minimum Gasteiger partial charge on any atom is -0.478 e. The molecule has 0 radical (unpaired) electrons. The van der Waals surface area contributed by atoms with Gasteiger partial charge in [0, 0.05) is 18.5 Å². The Morgan fingerprint density at radius 2 is 1.59 bits per heavy atom. The quantitative estimate of drug-likeness (QED) is 0.449. The van der Waals surface area contributed by atoms with Crippen LogP contribution in [-0.4, -0.2) is 36.2 Å². The average Bonchev–Trinajstić information content (AvgIpc) is 3.15. The Morgan fingerprint density at radius 3 is 2.24 bits per heavy atom. The van der Waals surface area contributed by atoms with Crippen LogP contribution in [0.2, 0.25) is 0 Å². The van der Waals surface area contributed by atoms with Crippen molar-refractivity contribution in [1.29, 1.82) is 0 Å². The number of hydrogen-bond acceptors (Lipinski definition) is 4. The van der Waals surface area contributed by atoms with E-state index in [0.29, 0.717) is 0 Å². The number of alkyl carbamates (subject to hydrolysis) is 1. The lowest BCUT2D eigenvalue weighted by Gasteiger charge is -2.14. The first kappa shape index (κ1) is 22.7. The van der Waals surface area contributed by atoms with Gasteiger partial charge in [0.05, 0.1) is 11.3 Å². The highest BCUT2D eigenvalue weighted by molar-refractivity contribution is 6.04. The summed E-state index contributed by atoms with van der Waals surface area (Å²) in [5.41, 5.74) is 3.67. The number of fused-ring (bicyclic) bond motifs is 3. The predicted molar refractivity (Wildman–Crippen MR) is 124 cm³/mol. The van der Waals surface area contributed by atoms with E-state index in [-0.39, 0.29) is 24.6 Å². The van der Waals surface area contributed by atoms with Crippen LogP contribution in [0.4, 0.5) is 14.9 Å². The summed E-state index contributed by atoms with van der Waals surface area (Å²) in [6.07, 6.45) is 1.77. The molecule has 0 saturated carbocycles. The number of carboxylic acids is 1. The normalized spacial score (nSPS) is 12.1. The number of ether oxygens (including phenoxy) is 1. The number of para-hydroxylation sites is 1. The van der Waals surface area contributed by atoms with Crippen LogP contribution >= 0.6 is 0 Å². The maximum Gasteiger partial charge on any atom is 0.407 e. The number of amides is 2. The third-order valence-corrected chi connectivity index (χ3v) is 5.47. The lowest BCUT2D eigenvalue weighted by Crippen LogP contribution is -2.26. The van der Waals surface area contributed by atoms with Gasteiger partial charge in [-0.05, 0) is 34.4 Å². The molecule has 172 valence electrons. The fourth-order valence-electron chi connectivity index (χ4n) is 3.95. The zero-order chi connectivity index (χ0) is 24.1. The van der Waals surface area contributed by atoms with Crippen molar-refractivity contribution in [2.75, 3.05) is 18.5 Å². The highest BCUT2D eigenvalue weighted by Crippen LogP contribution is 2.44. The smallest absolute Gasteiger partial charge is 0.407 e. The topological polar surface area (TPSA) is 105 Å². The standard InChI is InChI=1S/C26H21FN2O5/c27-22-12-5-11-20(25(31)32)24(22)29-23(30)13-6-14-28-26(33)34-15-21-18-9-3-1-7-16(18)17-8-2-4-10-19(17)21/h1-13,21H,14-15H2,(H,28,33)(H,29,30)(H,31,32)/b13-6+. The van der Waals surface area contributed by atoms with Gasteiger partial charge in [-0.15, -0.1) is 0 Å². The van der Waals surface area contributed by atoms with Crippen molar-refractivity contribution in [1.82, 2.24) is 5.32 Å². The molecule has 34 heavy (non-hydrogen) atoms. The van der Waals surface area contributed by atoms with Crippen molar-refractivity contribution in [2.24, 2.45) is 0 Å². The van der Waals surface area contributed by atoms with Gasteiger partial charge >= 0.3 is 12.1 Å². The molecule has 7 nitrogen and oxygen atoms in total. The summed E-state index contributed by atoms with van der Waals surface area (Å²) < 4.78 is 19.3. The third kappa shape index (κ3) is 4.80. The van der Waals surface area contributed by atoms with Crippen molar-refractivity contribution in [3.63, 3.8) is 0 Å². The van der Waals surface area contributed by atoms with Crippen LogP contribution in [0.1, 0.15) is 27.4 Å². The van der Waals surface area contributed by atoms with Gasteiger partial charge in [0.2, 0.25) is 5.91 Å². The Kier molecular flexibility index (Phi) is 6.68. The summed E-state index contributed by atoms with van der Waals surface area (Å²) >= 11 is 0. The Morgan fingerprint density at radius 1 is 0.941 bits per heavy atom. The molecule has 4 rings (SSSR count). The van der Waals surface area contributed by atoms with Crippen LogP contribution in [0.3, 0.4) is 0 Å². The predicted octanol–water partition coefficient (Wildman–Crippen LogP) is 4.56. The zero-order valence-electron chi connectivity index (χ0n) is 18.0. The monoisotopic (exact) mass is 460 g/mol. The third-order valence-electron chi connectivity index (χ3n) is 5.47. The summed E-state index contributed by atoms with van der Waals surface area (Å²) in [7, 11) is 0. The lowest BCUT2D eigenvalue weighted by atomic mass is 9.98. The molecule has 0 atom stereocenters. The van der Waals surface area contributed by atoms with E-state index < -0.39 is 29.5 Å². The number of benzene rings is 3. The Labute approximate surface area is 194 Å². The summed E-state index contributed by atoms with van der Waals surface area (Å²) in [5.74, 6) is -3.03. The summed E-state index contributed by atoms with van der Waals surface area (Å²) in [6.45, 7) is 0.155. The maximum absolute atomic E-state index is 13.9. The molecule has 0 aromatic heterocycles. The number of aromatic carboxylic acids is 1. The molecule has 3 aromatic rings. The van der Waals surface area contributed by atoms with E-state index >= 15 is 0 Å². The van der Waals surface area contributed by atoms with Crippen molar-refractivity contribution < 1.29 is 28.6 Å². The number of halogens is 1. The largest absolute Gasteiger partial charge is 0.478 e.